The molecule has 1 aliphatic carbocycles. The number of halogens is 12. The molecular weight excluding hydrogens is 755 g/mol. The van der Waals surface area contributed by atoms with Crippen LogP contribution in [0.1, 0.15) is 11.1 Å². The fourth-order valence-electron chi connectivity index (χ4n) is 7.26. The summed E-state index contributed by atoms with van der Waals surface area (Å²) in [5.41, 5.74) is -1.67. The fourth-order valence-corrected chi connectivity index (χ4v) is 7.26. The molecule has 0 saturated carbocycles. The van der Waals surface area contributed by atoms with E-state index in [1.54, 1.807) is 0 Å². The summed E-state index contributed by atoms with van der Waals surface area (Å²) in [7, 11) is -2.72. The number of fused-ring (bicyclic) bond motifs is 4. The Hall–Kier alpha value is -6.32. The molecular formula is C39H13BF12O3. The highest BCUT2D eigenvalue weighted by Crippen LogP contribution is 2.48. The SMILES string of the molecule is Fc1cc(F)c2c(F)ccc(OB(Oc3c(F)c(F)c(F)c4c3Cc3cccc(F)c3-4)Oc3c(F)c(F)c4c(F)c(F)c5c(F)ccc6ccc3c4c65)c2c1. The van der Waals surface area contributed by atoms with Gasteiger partial charge in [0.05, 0.1) is 16.2 Å². The third-order valence-electron chi connectivity index (χ3n) is 9.56. The first-order chi connectivity index (χ1) is 26.3. The van der Waals surface area contributed by atoms with Crippen molar-refractivity contribution in [2.24, 2.45) is 0 Å². The lowest BCUT2D eigenvalue weighted by Crippen LogP contribution is -2.38. The van der Waals surface area contributed by atoms with Gasteiger partial charge in [0.2, 0.25) is 5.82 Å². The lowest BCUT2D eigenvalue weighted by molar-refractivity contribution is 0.289. The molecule has 0 amide bonds. The maximum absolute atomic E-state index is 16.1. The lowest BCUT2D eigenvalue weighted by Gasteiger charge is -2.22. The predicted molar refractivity (Wildman–Crippen MR) is 176 cm³/mol. The summed E-state index contributed by atoms with van der Waals surface area (Å²) in [5.74, 6) is -23.2. The van der Waals surface area contributed by atoms with E-state index in [4.69, 9.17) is 14.0 Å². The first kappa shape index (κ1) is 34.5. The van der Waals surface area contributed by atoms with Gasteiger partial charge in [0, 0.05) is 50.7 Å². The van der Waals surface area contributed by atoms with Crippen molar-refractivity contribution in [3.63, 3.8) is 0 Å². The maximum Gasteiger partial charge on any atom is 0.864 e. The van der Waals surface area contributed by atoms with Gasteiger partial charge in [-0.05, 0) is 47.3 Å². The van der Waals surface area contributed by atoms with Crippen LogP contribution in [-0.4, -0.2) is 7.32 Å². The van der Waals surface area contributed by atoms with Gasteiger partial charge in [-0.25, -0.2) is 43.9 Å². The zero-order valence-electron chi connectivity index (χ0n) is 26.9. The van der Waals surface area contributed by atoms with Gasteiger partial charge in [-0.1, -0.05) is 24.3 Å². The van der Waals surface area contributed by atoms with E-state index < -0.39 is 155 Å². The van der Waals surface area contributed by atoms with E-state index in [1.165, 1.54) is 18.2 Å². The van der Waals surface area contributed by atoms with Gasteiger partial charge in [-0.15, -0.1) is 0 Å². The molecule has 0 fully saturated rings. The second-order valence-corrected chi connectivity index (χ2v) is 12.5. The van der Waals surface area contributed by atoms with E-state index >= 15 is 30.7 Å². The van der Waals surface area contributed by atoms with Crippen LogP contribution >= 0.6 is 0 Å². The van der Waals surface area contributed by atoms with Crippen molar-refractivity contribution in [2.45, 2.75) is 6.42 Å². The Labute approximate surface area is 299 Å². The summed E-state index contributed by atoms with van der Waals surface area (Å²) in [6.07, 6.45) is -0.480. The predicted octanol–water partition coefficient (Wildman–Crippen LogP) is 11.5. The van der Waals surface area contributed by atoms with E-state index in [-0.39, 0.29) is 10.9 Å². The summed E-state index contributed by atoms with van der Waals surface area (Å²) in [4.78, 5) is 0. The van der Waals surface area contributed by atoms with Crippen molar-refractivity contribution < 1.29 is 66.6 Å². The van der Waals surface area contributed by atoms with Crippen LogP contribution in [0.5, 0.6) is 17.2 Å². The molecule has 0 heterocycles. The van der Waals surface area contributed by atoms with Crippen molar-refractivity contribution in [3.05, 3.63) is 148 Å². The average molecular weight is 768 g/mol. The Morgan fingerprint density at radius 3 is 1.87 bits per heavy atom. The summed E-state index contributed by atoms with van der Waals surface area (Å²) in [6.45, 7) is 0. The monoisotopic (exact) mass is 768 g/mol. The molecule has 16 heteroatoms. The zero-order valence-corrected chi connectivity index (χ0v) is 26.9. The van der Waals surface area contributed by atoms with Gasteiger partial charge in [-0.2, -0.15) is 8.78 Å². The Morgan fingerprint density at radius 1 is 0.436 bits per heavy atom. The van der Waals surface area contributed by atoms with Gasteiger partial charge < -0.3 is 14.0 Å². The van der Waals surface area contributed by atoms with Gasteiger partial charge in [0.15, 0.2) is 40.7 Å². The van der Waals surface area contributed by atoms with E-state index in [2.05, 4.69) is 0 Å². The van der Waals surface area contributed by atoms with Gasteiger partial charge >= 0.3 is 7.32 Å². The third kappa shape index (κ3) is 4.89. The standard InChI is InChI=1S/C39H13BF12O3/c41-15-11-17-23(9-8-20(43)26(17)22(45)12-15)53-40(55-39-18-10-14-2-1-3-19(42)24(14)28(18)31(46)35(50)37(39)52)54-38-16-6-4-13-5-7-21(44)29-25(13)27(16)30(33(48)32(29)47)34(49)36(38)51/h1-9,11-12H,10H2. The average Bonchev–Trinajstić information content (AvgIpc) is 3.55. The Morgan fingerprint density at radius 2 is 1.09 bits per heavy atom. The lowest BCUT2D eigenvalue weighted by atomic mass is 9.92. The quantitative estimate of drug-likeness (QED) is 0.0730. The highest BCUT2D eigenvalue weighted by Gasteiger charge is 2.41. The van der Waals surface area contributed by atoms with Crippen LogP contribution in [0.15, 0.2) is 66.7 Å². The molecule has 0 unspecified atom stereocenters. The molecule has 3 nitrogen and oxygen atoms in total. The van der Waals surface area contributed by atoms with E-state index in [0.717, 1.165) is 30.3 Å². The second-order valence-electron chi connectivity index (χ2n) is 12.5. The van der Waals surface area contributed by atoms with Crippen LogP contribution in [0.3, 0.4) is 0 Å². The Bertz CT molecular complexity index is 2990. The topological polar surface area (TPSA) is 27.7 Å². The van der Waals surface area contributed by atoms with E-state index in [0.29, 0.717) is 18.2 Å². The van der Waals surface area contributed by atoms with Crippen LogP contribution in [-0.2, 0) is 6.42 Å². The number of benzene rings is 8. The number of hydrogen-bond acceptors (Lipinski definition) is 3. The Kier molecular flexibility index (Phi) is 7.58. The zero-order chi connectivity index (χ0) is 38.8. The molecule has 8 aromatic rings. The molecule has 0 spiro atoms. The minimum absolute atomic E-state index is 0.0434. The number of rotatable bonds is 6. The van der Waals surface area contributed by atoms with Crippen LogP contribution < -0.4 is 14.0 Å². The molecule has 55 heavy (non-hydrogen) atoms. The molecule has 0 aliphatic heterocycles. The molecule has 0 radical (unpaired) electrons. The fraction of sp³-hybridized carbons (Fsp3) is 0.0256. The van der Waals surface area contributed by atoms with Crippen LogP contribution in [0.2, 0.25) is 0 Å². The van der Waals surface area contributed by atoms with Crippen LogP contribution in [0.4, 0.5) is 52.7 Å². The summed E-state index contributed by atoms with van der Waals surface area (Å²) in [5, 5.41) is -5.20. The largest absolute Gasteiger partial charge is 0.864 e. The summed E-state index contributed by atoms with van der Waals surface area (Å²) >= 11 is 0. The van der Waals surface area contributed by atoms with Crippen molar-refractivity contribution in [1.29, 1.82) is 0 Å². The van der Waals surface area contributed by atoms with E-state index in [9.17, 15) is 22.0 Å². The molecule has 0 bridgehead atoms. The minimum atomic E-state index is -2.72. The molecule has 274 valence electrons. The molecule has 0 atom stereocenters. The van der Waals surface area contributed by atoms with Crippen molar-refractivity contribution >= 4 is 50.4 Å². The van der Waals surface area contributed by atoms with Crippen LogP contribution in [0.25, 0.3) is 54.2 Å². The maximum atomic E-state index is 16.1. The third-order valence-corrected chi connectivity index (χ3v) is 9.56. The van der Waals surface area contributed by atoms with Crippen LogP contribution in [0, 0.1) is 69.8 Å². The normalized spacial score (nSPS) is 12.3. The van der Waals surface area contributed by atoms with E-state index in [1.807, 2.05) is 0 Å². The van der Waals surface area contributed by atoms with Gasteiger partial charge in [-0.3, -0.25) is 0 Å². The first-order valence-electron chi connectivity index (χ1n) is 15.9. The second kappa shape index (κ2) is 12.1. The minimum Gasteiger partial charge on any atom is -0.489 e. The first-order valence-corrected chi connectivity index (χ1v) is 15.9. The van der Waals surface area contributed by atoms with Gasteiger partial charge in [0.25, 0.3) is 0 Å². The van der Waals surface area contributed by atoms with Crippen molar-refractivity contribution in [1.82, 2.24) is 0 Å². The molecule has 0 saturated heterocycles. The molecule has 1 aliphatic rings. The molecule has 9 rings (SSSR count). The van der Waals surface area contributed by atoms with Gasteiger partial charge in [0.1, 0.15) is 40.6 Å². The summed E-state index contributed by atoms with van der Waals surface area (Å²) < 4.78 is 200. The highest BCUT2D eigenvalue weighted by molar-refractivity contribution is 6.40. The molecule has 0 N–H and O–H groups in total. The number of hydrogen-bond donors (Lipinski definition) is 0. The van der Waals surface area contributed by atoms with Crippen molar-refractivity contribution in [2.75, 3.05) is 0 Å². The summed E-state index contributed by atoms with van der Waals surface area (Å²) in [6, 6.07) is 10.1. The Balaban J connectivity index is 1.28. The molecule has 8 aromatic carbocycles. The molecule has 0 aromatic heterocycles. The van der Waals surface area contributed by atoms with Crippen molar-refractivity contribution in [3.8, 4) is 28.4 Å². The highest BCUT2D eigenvalue weighted by atomic mass is 19.2. The smallest absolute Gasteiger partial charge is 0.489 e.